The zero-order valence-electron chi connectivity index (χ0n) is 11.0. The number of rotatable bonds is 6. The van der Waals surface area contributed by atoms with E-state index in [0.29, 0.717) is 22.3 Å². The smallest absolute Gasteiger partial charge is 0.341 e. The summed E-state index contributed by atoms with van der Waals surface area (Å²) >= 11 is 0. The Bertz CT molecular complexity index is 671. The minimum atomic E-state index is -1.06. The lowest BCUT2D eigenvalue weighted by atomic mass is 10.1. The van der Waals surface area contributed by atoms with Gasteiger partial charge in [-0.2, -0.15) is 0 Å². The first kappa shape index (κ1) is 14.6. The normalized spacial score (nSPS) is 10.1. The molecule has 4 N–H and O–H groups in total. The number of amides is 1. The van der Waals surface area contributed by atoms with Crippen LogP contribution in [-0.2, 0) is 9.59 Å². The molecule has 0 atom stereocenters. The van der Waals surface area contributed by atoms with Gasteiger partial charge < -0.3 is 14.6 Å². The molecule has 0 fully saturated rings. The number of nitrogens with one attached hydrogen (secondary N) is 1. The fraction of sp³-hybridized carbons (Fsp3) is 0.143. The van der Waals surface area contributed by atoms with Crippen molar-refractivity contribution in [1.82, 2.24) is 5.43 Å². The first-order valence-electron chi connectivity index (χ1n) is 6.10. The molecule has 0 spiro atoms. The minimum Gasteiger partial charge on any atom is -0.483 e. The number of hydrogen-bond acceptors (Lipinski definition) is 5. The highest BCUT2D eigenvalue weighted by Crippen LogP contribution is 2.33. The molecular weight excluding hydrogens is 276 g/mol. The largest absolute Gasteiger partial charge is 0.483 e. The SMILES string of the molecule is NNC(=O)COc1ccc(OCC(=O)O)c2ccccc12. The van der Waals surface area contributed by atoms with E-state index in [2.05, 4.69) is 0 Å². The number of carboxylic acids is 1. The molecular formula is C14H14N2O5. The number of aliphatic carboxylic acids is 1. The topological polar surface area (TPSA) is 111 Å². The van der Waals surface area contributed by atoms with Crippen molar-refractivity contribution < 1.29 is 24.2 Å². The molecule has 0 aliphatic carbocycles. The van der Waals surface area contributed by atoms with E-state index in [1.807, 2.05) is 5.43 Å². The van der Waals surface area contributed by atoms with Crippen LogP contribution < -0.4 is 20.7 Å². The van der Waals surface area contributed by atoms with Crippen molar-refractivity contribution in [3.05, 3.63) is 36.4 Å². The van der Waals surface area contributed by atoms with Crippen LogP contribution in [0.2, 0.25) is 0 Å². The summed E-state index contributed by atoms with van der Waals surface area (Å²) in [5.41, 5.74) is 1.97. The highest BCUT2D eigenvalue weighted by Gasteiger charge is 2.10. The van der Waals surface area contributed by atoms with E-state index in [1.54, 1.807) is 36.4 Å². The number of carboxylic acid groups (broad SMARTS) is 1. The van der Waals surface area contributed by atoms with E-state index in [9.17, 15) is 9.59 Å². The summed E-state index contributed by atoms with van der Waals surface area (Å²) in [5, 5.41) is 10.1. The van der Waals surface area contributed by atoms with Crippen LogP contribution in [0.3, 0.4) is 0 Å². The molecule has 0 unspecified atom stereocenters. The van der Waals surface area contributed by atoms with E-state index in [4.69, 9.17) is 20.4 Å². The fourth-order valence-electron chi connectivity index (χ4n) is 1.82. The van der Waals surface area contributed by atoms with Crippen LogP contribution in [0.4, 0.5) is 0 Å². The van der Waals surface area contributed by atoms with Crippen LogP contribution in [0.15, 0.2) is 36.4 Å². The second-order valence-electron chi connectivity index (χ2n) is 4.15. The third kappa shape index (κ3) is 3.61. The first-order chi connectivity index (χ1) is 10.1. The summed E-state index contributed by atoms with van der Waals surface area (Å²) in [6, 6.07) is 10.4. The second kappa shape index (κ2) is 6.58. The maximum atomic E-state index is 11.1. The Morgan fingerprint density at radius 1 is 1.00 bits per heavy atom. The Balaban J connectivity index is 2.30. The monoisotopic (exact) mass is 290 g/mol. The minimum absolute atomic E-state index is 0.212. The maximum Gasteiger partial charge on any atom is 0.341 e. The zero-order valence-corrected chi connectivity index (χ0v) is 11.0. The molecule has 7 heteroatoms. The molecule has 110 valence electrons. The lowest BCUT2D eigenvalue weighted by Crippen LogP contribution is -2.34. The van der Waals surface area contributed by atoms with Gasteiger partial charge >= 0.3 is 5.97 Å². The van der Waals surface area contributed by atoms with Crippen molar-refractivity contribution >= 4 is 22.6 Å². The summed E-state index contributed by atoms with van der Waals surface area (Å²) in [6.07, 6.45) is 0. The van der Waals surface area contributed by atoms with Crippen molar-refractivity contribution in [2.45, 2.75) is 0 Å². The highest BCUT2D eigenvalue weighted by molar-refractivity contribution is 5.93. The van der Waals surface area contributed by atoms with E-state index >= 15 is 0 Å². The van der Waals surface area contributed by atoms with Crippen LogP contribution in [0, 0.1) is 0 Å². The van der Waals surface area contributed by atoms with Crippen LogP contribution in [0.25, 0.3) is 10.8 Å². The maximum absolute atomic E-state index is 11.1. The zero-order chi connectivity index (χ0) is 15.2. The van der Waals surface area contributed by atoms with Gasteiger partial charge in [0, 0.05) is 10.8 Å². The van der Waals surface area contributed by atoms with Crippen molar-refractivity contribution in [3.8, 4) is 11.5 Å². The van der Waals surface area contributed by atoms with Crippen LogP contribution in [-0.4, -0.2) is 30.2 Å². The Kier molecular flexibility index (Phi) is 4.57. The Hall–Kier alpha value is -2.80. The molecule has 0 aliphatic heterocycles. The van der Waals surface area contributed by atoms with Gasteiger partial charge in [-0.25, -0.2) is 10.6 Å². The molecule has 7 nitrogen and oxygen atoms in total. The standard InChI is InChI=1S/C14H14N2O5/c15-16-13(17)7-20-11-5-6-12(21-8-14(18)19)10-4-2-1-3-9(10)11/h1-6H,7-8,15H2,(H,16,17)(H,18,19). The molecule has 0 saturated heterocycles. The van der Waals surface area contributed by atoms with Gasteiger partial charge in [0.2, 0.25) is 0 Å². The van der Waals surface area contributed by atoms with Gasteiger partial charge in [0.15, 0.2) is 13.2 Å². The van der Waals surface area contributed by atoms with Crippen molar-refractivity contribution in [2.75, 3.05) is 13.2 Å². The summed E-state index contributed by atoms with van der Waals surface area (Å²) in [5.74, 6) is 4.39. The summed E-state index contributed by atoms with van der Waals surface area (Å²) < 4.78 is 10.6. The molecule has 2 aromatic carbocycles. The molecule has 21 heavy (non-hydrogen) atoms. The van der Waals surface area contributed by atoms with Crippen molar-refractivity contribution in [3.63, 3.8) is 0 Å². The molecule has 0 aliphatic rings. The van der Waals surface area contributed by atoms with Gasteiger partial charge in [-0.05, 0) is 12.1 Å². The third-order valence-electron chi connectivity index (χ3n) is 2.71. The number of nitrogens with two attached hydrogens (primary N) is 1. The molecule has 2 aromatic rings. The van der Waals surface area contributed by atoms with Gasteiger partial charge in [-0.15, -0.1) is 0 Å². The Morgan fingerprint density at radius 3 is 2.00 bits per heavy atom. The molecule has 2 rings (SSSR count). The quantitative estimate of drug-likeness (QED) is 0.410. The third-order valence-corrected chi connectivity index (χ3v) is 2.71. The van der Waals surface area contributed by atoms with Gasteiger partial charge in [0.05, 0.1) is 0 Å². The van der Waals surface area contributed by atoms with Gasteiger partial charge in [-0.1, -0.05) is 24.3 Å². The molecule has 0 saturated carbocycles. The number of fused-ring (bicyclic) bond motifs is 1. The molecule has 0 heterocycles. The average Bonchev–Trinajstić information content (AvgIpc) is 2.50. The van der Waals surface area contributed by atoms with Crippen LogP contribution >= 0.6 is 0 Å². The molecule has 1 amide bonds. The average molecular weight is 290 g/mol. The van der Waals surface area contributed by atoms with Crippen LogP contribution in [0.5, 0.6) is 11.5 Å². The fourth-order valence-corrected chi connectivity index (χ4v) is 1.82. The van der Waals surface area contributed by atoms with Gasteiger partial charge in [-0.3, -0.25) is 10.2 Å². The molecule has 0 aromatic heterocycles. The van der Waals surface area contributed by atoms with Gasteiger partial charge in [0.1, 0.15) is 11.5 Å². The number of carbonyl (C=O) groups excluding carboxylic acids is 1. The molecule has 0 bridgehead atoms. The van der Waals surface area contributed by atoms with E-state index in [0.717, 1.165) is 0 Å². The first-order valence-corrected chi connectivity index (χ1v) is 6.10. The lowest BCUT2D eigenvalue weighted by molar-refractivity contribution is -0.139. The van der Waals surface area contributed by atoms with Crippen molar-refractivity contribution in [2.24, 2.45) is 5.84 Å². The number of carbonyl (C=O) groups is 2. The Morgan fingerprint density at radius 2 is 1.52 bits per heavy atom. The Labute approximate surface area is 120 Å². The highest BCUT2D eigenvalue weighted by atomic mass is 16.5. The number of hydrazine groups is 1. The van der Waals surface area contributed by atoms with Gasteiger partial charge in [0.25, 0.3) is 5.91 Å². The van der Waals surface area contributed by atoms with Crippen molar-refractivity contribution in [1.29, 1.82) is 0 Å². The lowest BCUT2D eigenvalue weighted by Gasteiger charge is -2.12. The number of hydrogen-bond donors (Lipinski definition) is 3. The number of ether oxygens (including phenoxy) is 2. The predicted molar refractivity (Wildman–Crippen MR) is 74.9 cm³/mol. The molecule has 0 radical (unpaired) electrons. The van der Waals surface area contributed by atoms with E-state index < -0.39 is 18.5 Å². The summed E-state index contributed by atoms with van der Waals surface area (Å²) in [6.45, 7) is -0.643. The number of benzene rings is 2. The van der Waals surface area contributed by atoms with E-state index in [-0.39, 0.29) is 6.61 Å². The second-order valence-corrected chi connectivity index (χ2v) is 4.15. The predicted octanol–water partition coefficient (Wildman–Crippen LogP) is 0.672. The summed E-state index contributed by atoms with van der Waals surface area (Å²) in [4.78, 5) is 21.7. The summed E-state index contributed by atoms with van der Waals surface area (Å²) in [7, 11) is 0. The van der Waals surface area contributed by atoms with E-state index in [1.165, 1.54) is 0 Å². The van der Waals surface area contributed by atoms with Crippen LogP contribution in [0.1, 0.15) is 0 Å².